The maximum absolute atomic E-state index is 12.8. The van der Waals surface area contributed by atoms with Crippen molar-refractivity contribution in [2.75, 3.05) is 19.8 Å². The summed E-state index contributed by atoms with van der Waals surface area (Å²) in [6.07, 6.45) is -25.6. The van der Waals surface area contributed by atoms with Gasteiger partial charge in [0.05, 0.1) is 50.3 Å². The van der Waals surface area contributed by atoms with Crippen molar-refractivity contribution >= 4 is 17.9 Å². The summed E-state index contributed by atoms with van der Waals surface area (Å²) in [6, 6.07) is 0. The van der Waals surface area contributed by atoms with Crippen molar-refractivity contribution in [1.29, 1.82) is 0 Å². The van der Waals surface area contributed by atoms with Crippen LogP contribution in [0.4, 0.5) is 0 Å². The molecule has 0 aromatic heterocycles. The van der Waals surface area contributed by atoms with E-state index in [0.717, 1.165) is 39.2 Å². The fraction of sp³-hybridized carbons (Fsp3) is 0.873. The molecule has 10 aliphatic rings. The topological polar surface area (TPSA) is 353 Å². The third-order valence-corrected chi connectivity index (χ3v) is 19.8. The summed E-state index contributed by atoms with van der Waals surface area (Å²) in [5.41, 5.74) is 0.319. The van der Waals surface area contributed by atoms with Gasteiger partial charge in [-0.1, -0.05) is 39.0 Å². The Labute approximate surface area is 463 Å². The van der Waals surface area contributed by atoms with Gasteiger partial charge in [-0.15, -0.1) is 0 Å². The van der Waals surface area contributed by atoms with E-state index in [1.54, 1.807) is 6.92 Å². The van der Waals surface area contributed by atoms with Crippen LogP contribution < -0.4 is 0 Å². The van der Waals surface area contributed by atoms with Gasteiger partial charge in [0.1, 0.15) is 67.1 Å². The second-order valence-electron chi connectivity index (χ2n) is 24.6. The first-order chi connectivity index (χ1) is 37.7. The predicted octanol–water partition coefficient (Wildman–Crippen LogP) is -1.11. The first-order valence-corrected chi connectivity index (χ1v) is 28.2. The minimum absolute atomic E-state index is 0.0179. The molecular formula is C55H82O25. The van der Waals surface area contributed by atoms with E-state index in [0.29, 0.717) is 24.8 Å². The molecule has 4 aliphatic carbocycles. The van der Waals surface area contributed by atoms with Gasteiger partial charge in [0.25, 0.3) is 0 Å². The van der Waals surface area contributed by atoms with E-state index < -0.39 is 177 Å². The van der Waals surface area contributed by atoms with Gasteiger partial charge in [0.2, 0.25) is 5.79 Å². The van der Waals surface area contributed by atoms with Crippen molar-refractivity contribution in [3.05, 3.63) is 23.8 Å². The summed E-state index contributed by atoms with van der Waals surface area (Å²) in [7, 11) is 0. The second-order valence-corrected chi connectivity index (χ2v) is 24.6. The smallest absolute Gasteiger partial charge is 0.303 e. The number of fused-ring (bicyclic) bond motifs is 7. The average molecular weight is 1140 g/mol. The molecule has 0 radical (unpaired) electrons. The number of hydrogen-bond acceptors (Lipinski definition) is 25. The molecule has 25 heteroatoms. The van der Waals surface area contributed by atoms with Gasteiger partial charge in [0.15, 0.2) is 43.5 Å². The van der Waals surface area contributed by atoms with Crippen molar-refractivity contribution in [3.63, 3.8) is 0 Å². The third-order valence-electron chi connectivity index (χ3n) is 19.8. The maximum Gasteiger partial charge on any atom is 0.303 e. The number of rotatable bonds is 11. The molecule has 6 saturated heterocycles. The summed E-state index contributed by atoms with van der Waals surface area (Å²) in [5.74, 6) is -4.21. The van der Waals surface area contributed by atoms with E-state index in [1.807, 2.05) is 6.92 Å². The molecule has 6 heterocycles. The largest absolute Gasteiger partial charge is 0.456 e. The first-order valence-electron chi connectivity index (χ1n) is 28.2. The SMILES string of the molecule is C=C1CO[C@@]2(O[C@H]3C[C@H]4[C@@H]5CC=C6C[C@@H](O)C[C@@H](O[C@@H]7OC[C@H](O)[C@H](O[C@@H]8OC[C@@H](O)[C@H](O)[C@H]8O)[C@H]7O[C@@H]7O[C@@H](C)[C@H](OC(C)=O)[C@@H](OC(C)=O)[C@H]7OC(C)=O)[C@]6(C)[C@H]5CC[C@]4(C)[C@H]3[C@@H]2C)[C@@H](O)[C@H]1O[C@@H]1O[C@H](C)[C@H](O)[C@H](O)[C@H]1O. The molecule has 25 nitrogen and oxygen atoms in total. The quantitative estimate of drug-likeness (QED) is 0.0673. The predicted molar refractivity (Wildman–Crippen MR) is 266 cm³/mol. The lowest BCUT2D eigenvalue weighted by atomic mass is 9.46. The fourth-order valence-corrected chi connectivity index (χ4v) is 15.9. The van der Waals surface area contributed by atoms with Gasteiger partial charge in [-0.25, -0.2) is 0 Å². The molecule has 9 N–H and O–H groups in total. The molecule has 3 saturated carbocycles. The highest BCUT2D eigenvalue weighted by Crippen LogP contribution is 2.71. The van der Waals surface area contributed by atoms with Crippen LogP contribution in [0.2, 0.25) is 0 Å². The molecule has 452 valence electrons. The zero-order valence-electron chi connectivity index (χ0n) is 46.4. The zero-order valence-corrected chi connectivity index (χ0v) is 46.4. The van der Waals surface area contributed by atoms with Crippen LogP contribution in [-0.2, 0) is 76.0 Å². The Bertz CT molecular complexity index is 2320. The monoisotopic (exact) mass is 1140 g/mol. The van der Waals surface area contributed by atoms with Crippen molar-refractivity contribution in [2.45, 2.75) is 241 Å². The summed E-state index contributed by atoms with van der Waals surface area (Å²) < 4.78 is 80.7. The highest BCUT2D eigenvalue weighted by Gasteiger charge is 2.72. The van der Waals surface area contributed by atoms with Crippen molar-refractivity contribution in [2.24, 2.45) is 40.4 Å². The van der Waals surface area contributed by atoms with Crippen LogP contribution >= 0.6 is 0 Å². The van der Waals surface area contributed by atoms with Gasteiger partial charge >= 0.3 is 17.9 Å². The van der Waals surface area contributed by atoms with Crippen LogP contribution in [0.1, 0.15) is 93.9 Å². The van der Waals surface area contributed by atoms with Crippen LogP contribution in [0.25, 0.3) is 0 Å². The Morgan fingerprint density at radius 2 is 1.27 bits per heavy atom. The molecule has 9 fully saturated rings. The lowest BCUT2D eigenvalue weighted by Crippen LogP contribution is -2.66. The standard InChI is InChI=1S/C55H82O25/c1-20-17-70-55(48(67)42(20)77-50-41(66)39(64)37(62)22(3)71-50)21(2)36-34(80-55)16-31-29-11-10-27-14-28(59)15-35(54(27,9)30(29)12-13-53(31,36)8)76-51-46(44(33(61)19-69-51)78-49-40(65)38(63)32(60)18-68-49)79-52-47(75-26(7)58)45(74-25(6)57)43(23(4)72-52)73-24(5)56/h10,21-23,28-52,59-67H,1,11-19H2,2-9H3/t21-,22+,23-,28+,29+,30-,31-,32+,33-,34-,35+,36-,37-,38-,39-,40+,41+,42-,43-,44-,45+,46+,47+,48-,49-,50-,51-,52-,53-,54-,55-/m0/s1. The zero-order chi connectivity index (χ0) is 57.8. The highest BCUT2D eigenvalue weighted by molar-refractivity contribution is 5.68. The van der Waals surface area contributed by atoms with Gasteiger partial charge < -0.3 is 108 Å². The Hall–Kier alpha value is -2.87. The van der Waals surface area contributed by atoms with Crippen LogP contribution in [0.5, 0.6) is 0 Å². The van der Waals surface area contributed by atoms with E-state index >= 15 is 0 Å². The van der Waals surface area contributed by atoms with Crippen LogP contribution in [0.15, 0.2) is 23.8 Å². The van der Waals surface area contributed by atoms with Gasteiger partial charge in [-0.05, 0) is 80.6 Å². The van der Waals surface area contributed by atoms with Crippen LogP contribution in [0.3, 0.4) is 0 Å². The molecule has 0 unspecified atom stereocenters. The van der Waals surface area contributed by atoms with Gasteiger partial charge in [0, 0.05) is 38.5 Å². The molecule has 1 spiro atoms. The van der Waals surface area contributed by atoms with Crippen molar-refractivity contribution in [3.8, 4) is 0 Å². The Balaban J connectivity index is 0.926. The Morgan fingerprint density at radius 1 is 0.650 bits per heavy atom. The van der Waals surface area contributed by atoms with Gasteiger partial charge in [-0.3, -0.25) is 14.4 Å². The molecule has 31 atom stereocenters. The van der Waals surface area contributed by atoms with Crippen LogP contribution in [-0.4, -0.2) is 231 Å². The summed E-state index contributed by atoms with van der Waals surface area (Å²) >= 11 is 0. The average Bonchev–Trinajstić information content (AvgIpc) is 4.09. The third kappa shape index (κ3) is 10.4. The second kappa shape index (κ2) is 22.9. The number of hydrogen-bond donors (Lipinski definition) is 9. The number of allylic oxidation sites excluding steroid dienone is 1. The first kappa shape index (κ1) is 60.3. The molecule has 0 amide bonds. The minimum Gasteiger partial charge on any atom is -0.456 e. The van der Waals surface area contributed by atoms with E-state index in [-0.39, 0.29) is 54.1 Å². The Morgan fingerprint density at radius 3 is 1.98 bits per heavy atom. The number of aliphatic hydroxyl groups excluding tert-OH is 9. The molecule has 10 rings (SSSR count). The van der Waals surface area contributed by atoms with E-state index in [4.69, 9.17) is 61.6 Å². The fourth-order valence-electron chi connectivity index (χ4n) is 15.9. The minimum atomic E-state index is -1.81. The van der Waals surface area contributed by atoms with Crippen molar-refractivity contribution < 1.29 is 122 Å². The number of esters is 3. The van der Waals surface area contributed by atoms with E-state index in [1.165, 1.54) is 6.92 Å². The summed E-state index contributed by atoms with van der Waals surface area (Å²) in [4.78, 5) is 37.8. The highest BCUT2D eigenvalue weighted by atomic mass is 16.8. The van der Waals surface area contributed by atoms with Gasteiger partial charge in [-0.2, -0.15) is 0 Å². The van der Waals surface area contributed by atoms with Crippen LogP contribution in [0, 0.1) is 40.4 Å². The molecule has 0 aromatic rings. The number of carbonyl (C=O) groups excluding carboxylic acids is 3. The number of ether oxygens (including phenoxy) is 13. The van der Waals surface area contributed by atoms with E-state index in [9.17, 15) is 60.3 Å². The molecule has 0 bridgehead atoms. The number of aliphatic hydroxyl groups is 9. The maximum atomic E-state index is 12.8. The molecular weight excluding hydrogens is 1060 g/mol. The lowest BCUT2D eigenvalue weighted by molar-refractivity contribution is -0.382. The summed E-state index contributed by atoms with van der Waals surface area (Å²) in [5, 5.41) is 99.4. The summed E-state index contributed by atoms with van der Waals surface area (Å²) in [6.45, 7) is 16.1. The molecule has 0 aromatic carbocycles. The Kier molecular flexibility index (Phi) is 17.2. The normalized spacial score (nSPS) is 52.9. The van der Waals surface area contributed by atoms with E-state index in [2.05, 4.69) is 26.5 Å². The lowest BCUT2D eigenvalue weighted by Gasteiger charge is -2.60. The number of carbonyl (C=O) groups is 3. The molecule has 80 heavy (non-hydrogen) atoms. The van der Waals surface area contributed by atoms with Crippen molar-refractivity contribution in [1.82, 2.24) is 0 Å². The molecule has 6 aliphatic heterocycles.